The molecule has 2 aromatic carbocycles. The summed E-state index contributed by atoms with van der Waals surface area (Å²) < 4.78 is 53.0. The number of hydrogen-bond acceptors (Lipinski definition) is 5. The number of carbonyl (C=O) groups excluding carboxylic acids is 1. The first-order chi connectivity index (χ1) is 16.7. The van der Waals surface area contributed by atoms with Crippen LogP contribution in [0.25, 0.3) is 0 Å². The van der Waals surface area contributed by atoms with Crippen LogP contribution in [0.2, 0.25) is 5.02 Å². The van der Waals surface area contributed by atoms with E-state index in [1.54, 1.807) is 42.5 Å². The van der Waals surface area contributed by atoms with Gasteiger partial charge >= 0.3 is 6.18 Å². The molecule has 186 valence electrons. The van der Waals surface area contributed by atoms with E-state index in [0.717, 1.165) is 10.2 Å². The molecule has 0 bridgehead atoms. The molecule has 0 saturated carbocycles. The van der Waals surface area contributed by atoms with E-state index in [9.17, 15) is 18.0 Å². The van der Waals surface area contributed by atoms with Crippen LogP contribution in [0.1, 0.15) is 40.1 Å². The quantitative estimate of drug-likeness (QED) is 0.459. The average molecular weight is 509 g/mol. The Morgan fingerprint density at radius 1 is 1.17 bits per heavy atom. The molecule has 0 spiro atoms. The van der Waals surface area contributed by atoms with Gasteiger partial charge in [-0.15, -0.1) is 0 Å². The molecule has 3 aromatic rings. The van der Waals surface area contributed by atoms with E-state index in [0.29, 0.717) is 23.5 Å². The fraction of sp³-hybridized carbons (Fsp3) is 0.333. The highest BCUT2D eigenvalue weighted by Crippen LogP contribution is 2.46. The van der Waals surface area contributed by atoms with E-state index in [4.69, 9.17) is 21.1 Å². The van der Waals surface area contributed by atoms with Gasteiger partial charge in [-0.25, -0.2) is 4.68 Å². The molecule has 2 N–H and O–H groups in total. The number of anilines is 1. The van der Waals surface area contributed by atoms with E-state index >= 15 is 0 Å². The Balaban J connectivity index is 1.52. The van der Waals surface area contributed by atoms with Crippen molar-refractivity contribution in [2.45, 2.75) is 31.1 Å². The number of benzene rings is 2. The highest BCUT2D eigenvalue weighted by molar-refractivity contribution is 6.36. The Hall–Kier alpha value is -3.40. The molecule has 7 nitrogen and oxygen atoms in total. The Bertz CT molecular complexity index is 1200. The number of halogens is 4. The van der Waals surface area contributed by atoms with Gasteiger partial charge in [0.2, 0.25) is 0 Å². The normalized spacial score (nSPS) is 17.3. The lowest BCUT2D eigenvalue weighted by Gasteiger charge is -2.33. The van der Waals surface area contributed by atoms with Crippen LogP contribution in [-0.2, 0) is 6.42 Å². The smallest absolute Gasteiger partial charge is 0.410 e. The second-order valence-electron chi connectivity index (χ2n) is 8.05. The van der Waals surface area contributed by atoms with Crippen molar-refractivity contribution in [3.63, 3.8) is 0 Å². The topological polar surface area (TPSA) is 77.4 Å². The molecular formula is C24H24ClF3N4O3. The maximum atomic E-state index is 13.9. The summed E-state index contributed by atoms with van der Waals surface area (Å²) in [5.74, 6) is 0.449. The lowest BCUT2D eigenvalue weighted by Crippen LogP contribution is -2.36. The number of nitrogens with zero attached hydrogens (tertiary/aromatic N) is 2. The number of aromatic nitrogens is 2. The summed E-state index contributed by atoms with van der Waals surface area (Å²) in [6, 6.07) is 11.6. The zero-order valence-corrected chi connectivity index (χ0v) is 19.8. The van der Waals surface area contributed by atoms with E-state index in [1.165, 1.54) is 14.2 Å². The zero-order chi connectivity index (χ0) is 25.2. The number of hydrogen-bond donors (Lipinski definition) is 2. The summed E-state index contributed by atoms with van der Waals surface area (Å²) >= 11 is 6.37. The first kappa shape index (κ1) is 24.7. The number of nitrogens with one attached hydrogen (secondary N) is 2. The number of carbonyl (C=O) groups is 1. The van der Waals surface area contributed by atoms with Gasteiger partial charge in [0.05, 0.1) is 20.3 Å². The van der Waals surface area contributed by atoms with Gasteiger partial charge in [-0.2, -0.15) is 18.3 Å². The van der Waals surface area contributed by atoms with E-state index < -0.39 is 24.2 Å². The molecule has 1 aromatic heterocycles. The highest BCUT2D eigenvalue weighted by Gasteiger charge is 2.47. The molecule has 1 aliphatic rings. The second kappa shape index (κ2) is 10.1. The summed E-state index contributed by atoms with van der Waals surface area (Å²) in [5, 5.41) is 9.51. The summed E-state index contributed by atoms with van der Waals surface area (Å²) in [7, 11) is 3.06. The molecule has 0 saturated heterocycles. The van der Waals surface area contributed by atoms with Crippen molar-refractivity contribution in [2.75, 3.05) is 26.1 Å². The van der Waals surface area contributed by atoms with Gasteiger partial charge in [0, 0.05) is 13.0 Å². The van der Waals surface area contributed by atoms with Crippen LogP contribution in [0.3, 0.4) is 0 Å². The van der Waals surface area contributed by atoms with E-state index in [-0.39, 0.29) is 29.5 Å². The van der Waals surface area contributed by atoms with Crippen molar-refractivity contribution in [3.05, 3.63) is 70.4 Å². The third kappa shape index (κ3) is 5.17. The minimum absolute atomic E-state index is 0.0286. The van der Waals surface area contributed by atoms with Gasteiger partial charge in [-0.1, -0.05) is 48.0 Å². The van der Waals surface area contributed by atoms with Crippen molar-refractivity contribution in [1.29, 1.82) is 0 Å². The molecule has 0 radical (unpaired) electrons. The number of alkyl halides is 3. The molecule has 11 heteroatoms. The van der Waals surface area contributed by atoms with Gasteiger partial charge in [0.1, 0.15) is 10.8 Å². The van der Waals surface area contributed by atoms with Crippen LogP contribution in [-0.4, -0.2) is 42.6 Å². The minimum atomic E-state index is -4.57. The van der Waals surface area contributed by atoms with Crippen LogP contribution in [0.4, 0.5) is 19.0 Å². The van der Waals surface area contributed by atoms with Crippen molar-refractivity contribution >= 4 is 23.3 Å². The van der Waals surface area contributed by atoms with Crippen LogP contribution >= 0.6 is 11.6 Å². The van der Waals surface area contributed by atoms with Gasteiger partial charge in [0.15, 0.2) is 23.2 Å². The average Bonchev–Trinajstić information content (AvgIpc) is 3.19. The Morgan fingerprint density at radius 2 is 1.89 bits per heavy atom. The van der Waals surface area contributed by atoms with E-state index in [1.807, 2.05) is 6.07 Å². The lowest BCUT2D eigenvalue weighted by atomic mass is 9.97. The van der Waals surface area contributed by atoms with E-state index in [2.05, 4.69) is 15.7 Å². The first-order valence-electron chi connectivity index (χ1n) is 10.9. The number of fused-ring (bicyclic) bond motifs is 1. The molecule has 0 aliphatic carbocycles. The fourth-order valence-corrected chi connectivity index (χ4v) is 4.34. The maximum Gasteiger partial charge on any atom is 0.410 e. The SMILES string of the molecule is COc1ccc(CCNC(=O)c2nn3c(c2Cl)NC(c2ccccc2)CC3C(F)(F)F)cc1OC. The second-order valence-corrected chi connectivity index (χ2v) is 8.43. The third-order valence-corrected chi connectivity index (χ3v) is 6.22. The Labute approximate surface area is 205 Å². The van der Waals surface area contributed by atoms with Gasteiger partial charge < -0.3 is 20.1 Å². The van der Waals surface area contributed by atoms with Crippen LogP contribution in [0.5, 0.6) is 11.5 Å². The fourth-order valence-electron chi connectivity index (χ4n) is 4.08. The first-order valence-corrected chi connectivity index (χ1v) is 11.3. The van der Waals surface area contributed by atoms with Crippen molar-refractivity contribution in [3.8, 4) is 11.5 Å². The van der Waals surface area contributed by atoms with Crippen LogP contribution < -0.4 is 20.1 Å². The maximum absolute atomic E-state index is 13.9. The largest absolute Gasteiger partial charge is 0.493 e. The zero-order valence-electron chi connectivity index (χ0n) is 19.0. The number of rotatable bonds is 7. The molecule has 1 amide bonds. The molecule has 2 atom stereocenters. The summed E-state index contributed by atoms with van der Waals surface area (Å²) in [4.78, 5) is 12.8. The molecule has 1 aliphatic heterocycles. The monoisotopic (exact) mass is 508 g/mol. The number of ether oxygens (including phenoxy) is 2. The molecule has 2 heterocycles. The predicted molar refractivity (Wildman–Crippen MR) is 125 cm³/mol. The van der Waals surface area contributed by atoms with Crippen molar-refractivity contribution in [2.24, 2.45) is 0 Å². The lowest BCUT2D eigenvalue weighted by molar-refractivity contribution is -0.173. The number of amides is 1. The summed E-state index contributed by atoms with van der Waals surface area (Å²) in [6.45, 7) is 0.218. The van der Waals surface area contributed by atoms with Crippen molar-refractivity contribution in [1.82, 2.24) is 15.1 Å². The molecule has 35 heavy (non-hydrogen) atoms. The molecule has 4 rings (SSSR count). The molecular weight excluding hydrogens is 485 g/mol. The Morgan fingerprint density at radius 3 is 2.54 bits per heavy atom. The van der Waals surface area contributed by atoms with Gasteiger partial charge in [-0.05, 0) is 29.7 Å². The summed E-state index contributed by atoms with van der Waals surface area (Å²) in [5.41, 5.74) is 1.30. The molecule has 0 fully saturated rings. The minimum Gasteiger partial charge on any atom is -0.493 e. The predicted octanol–water partition coefficient (Wildman–Crippen LogP) is 5.19. The standard InChI is InChI=1S/C24H24ClF3N4O3/c1-34-17-9-8-14(12-18(17)35-2)10-11-29-23(33)21-20(25)22-30-16(15-6-4-3-5-7-15)13-19(24(26,27)28)32(22)31-21/h3-9,12,16,19,30H,10-11,13H2,1-2H3,(H,29,33). The third-order valence-electron chi connectivity index (χ3n) is 5.86. The Kier molecular flexibility index (Phi) is 7.11. The number of methoxy groups -OCH3 is 2. The van der Waals surface area contributed by atoms with Crippen LogP contribution in [0.15, 0.2) is 48.5 Å². The van der Waals surface area contributed by atoms with Gasteiger partial charge in [0.25, 0.3) is 5.91 Å². The highest BCUT2D eigenvalue weighted by atomic mass is 35.5. The molecule has 2 unspecified atom stereocenters. The van der Waals surface area contributed by atoms with Gasteiger partial charge in [-0.3, -0.25) is 4.79 Å². The van der Waals surface area contributed by atoms with Crippen LogP contribution in [0, 0.1) is 0 Å². The van der Waals surface area contributed by atoms with Crippen molar-refractivity contribution < 1.29 is 27.4 Å². The summed E-state index contributed by atoms with van der Waals surface area (Å²) in [6.07, 6.45) is -4.39.